The van der Waals surface area contributed by atoms with Crippen molar-refractivity contribution in [2.45, 2.75) is 65.5 Å². The molecule has 1 fully saturated rings. The molecule has 0 spiro atoms. The van der Waals surface area contributed by atoms with E-state index in [4.69, 9.17) is 17.3 Å². The molecule has 1 aliphatic carbocycles. The molecule has 2 unspecified atom stereocenters. The summed E-state index contributed by atoms with van der Waals surface area (Å²) in [6, 6.07) is -0.00292. The second-order valence-electron chi connectivity index (χ2n) is 6.47. The maximum Gasteiger partial charge on any atom is 0.0834 e. The number of aryl methyl sites for hydroxylation is 1. The lowest BCUT2D eigenvalue weighted by Gasteiger charge is -2.42. The van der Waals surface area contributed by atoms with Crippen LogP contribution in [0.3, 0.4) is 0 Å². The largest absolute Gasteiger partial charge is 0.322 e. The van der Waals surface area contributed by atoms with Crippen LogP contribution in [-0.4, -0.2) is 9.78 Å². The van der Waals surface area contributed by atoms with E-state index in [2.05, 4.69) is 25.9 Å². The van der Waals surface area contributed by atoms with E-state index in [1.54, 1.807) is 6.20 Å². The molecule has 1 aromatic heterocycles. The minimum absolute atomic E-state index is 0.00292. The molecule has 19 heavy (non-hydrogen) atoms. The molecular formula is C15H26ClN3. The van der Waals surface area contributed by atoms with Gasteiger partial charge < -0.3 is 5.73 Å². The first-order valence-electron chi connectivity index (χ1n) is 7.44. The summed E-state index contributed by atoms with van der Waals surface area (Å²) in [4.78, 5) is 0. The number of hydrogen-bond donors (Lipinski definition) is 1. The van der Waals surface area contributed by atoms with Crippen LogP contribution in [0.1, 0.15) is 64.6 Å². The van der Waals surface area contributed by atoms with Crippen molar-refractivity contribution in [3.63, 3.8) is 0 Å². The van der Waals surface area contributed by atoms with Crippen molar-refractivity contribution in [1.29, 1.82) is 0 Å². The quantitative estimate of drug-likeness (QED) is 0.901. The van der Waals surface area contributed by atoms with Gasteiger partial charge >= 0.3 is 0 Å². The zero-order valence-electron chi connectivity index (χ0n) is 12.3. The van der Waals surface area contributed by atoms with Gasteiger partial charge in [-0.1, -0.05) is 45.2 Å². The van der Waals surface area contributed by atoms with Crippen LogP contribution in [0.15, 0.2) is 6.20 Å². The minimum Gasteiger partial charge on any atom is -0.322 e. The number of rotatable bonds is 4. The highest BCUT2D eigenvalue weighted by atomic mass is 35.5. The van der Waals surface area contributed by atoms with Crippen LogP contribution in [0.25, 0.3) is 0 Å². The van der Waals surface area contributed by atoms with Crippen molar-refractivity contribution >= 4 is 11.6 Å². The zero-order valence-corrected chi connectivity index (χ0v) is 13.1. The Labute approximate surface area is 121 Å². The summed E-state index contributed by atoms with van der Waals surface area (Å²) in [5.41, 5.74) is 7.90. The fourth-order valence-electron chi connectivity index (χ4n) is 3.47. The van der Waals surface area contributed by atoms with Gasteiger partial charge in [-0.3, -0.25) is 4.68 Å². The molecule has 4 heteroatoms. The molecule has 0 aromatic carbocycles. The molecule has 0 radical (unpaired) electrons. The summed E-state index contributed by atoms with van der Waals surface area (Å²) >= 11 is 6.32. The summed E-state index contributed by atoms with van der Waals surface area (Å²) < 4.78 is 2.00. The first-order valence-corrected chi connectivity index (χ1v) is 7.82. The zero-order chi connectivity index (χ0) is 14.0. The number of halogens is 1. The first kappa shape index (κ1) is 14.9. The average molecular weight is 284 g/mol. The smallest absolute Gasteiger partial charge is 0.0834 e. The Morgan fingerprint density at radius 2 is 2.26 bits per heavy atom. The highest BCUT2D eigenvalue weighted by molar-refractivity contribution is 6.31. The van der Waals surface area contributed by atoms with E-state index in [9.17, 15) is 0 Å². The lowest BCUT2D eigenvalue weighted by atomic mass is 9.65. The molecule has 1 saturated carbocycles. The van der Waals surface area contributed by atoms with Crippen LogP contribution in [-0.2, 0) is 6.54 Å². The maximum absolute atomic E-state index is 6.58. The van der Waals surface area contributed by atoms with E-state index < -0.39 is 0 Å². The third kappa shape index (κ3) is 2.97. The second kappa shape index (κ2) is 5.84. The number of nitrogens with two attached hydrogens (primary N) is 1. The number of nitrogens with zero attached hydrogens (tertiary/aromatic N) is 2. The van der Waals surface area contributed by atoms with Crippen molar-refractivity contribution in [3.05, 3.63) is 16.9 Å². The number of aromatic nitrogens is 2. The van der Waals surface area contributed by atoms with Gasteiger partial charge in [0, 0.05) is 6.54 Å². The van der Waals surface area contributed by atoms with Crippen molar-refractivity contribution < 1.29 is 0 Å². The summed E-state index contributed by atoms with van der Waals surface area (Å²) in [7, 11) is 0. The van der Waals surface area contributed by atoms with Crippen molar-refractivity contribution in [3.8, 4) is 0 Å². The molecule has 0 aliphatic heterocycles. The van der Waals surface area contributed by atoms with Crippen LogP contribution < -0.4 is 5.73 Å². The van der Waals surface area contributed by atoms with Crippen LogP contribution in [0, 0.1) is 11.3 Å². The standard InChI is InChI=1S/C15H26ClN3/c1-4-9-19-14(12(16)10-18-19)13(17)11-7-5-6-8-15(11,2)3/h10-11,13H,4-9,17H2,1-3H3. The Bertz CT molecular complexity index is 425. The lowest BCUT2D eigenvalue weighted by molar-refractivity contribution is 0.109. The third-order valence-electron chi connectivity index (χ3n) is 4.61. The molecule has 2 rings (SSSR count). The normalized spacial score (nSPS) is 24.4. The second-order valence-corrected chi connectivity index (χ2v) is 6.87. The maximum atomic E-state index is 6.58. The Balaban J connectivity index is 2.27. The van der Waals surface area contributed by atoms with Gasteiger partial charge in [0.15, 0.2) is 0 Å². The third-order valence-corrected chi connectivity index (χ3v) is 4.90. The first-order chi connectivity index (χ1) is 8.97. The van der Waals surface area contributed by atoms with Gasteiger partial charge in [-0.05, 0) is 30.6 Å². The van der Waals surface area contributed by atoms with Crippen LogP contribution >= 0.6 is 11.6 Å². The molecule has 2 atom stereocenters. The molecule has 2 N–H and O–H groups in total. The molecule has 1 heterocycles. The van der Waals surface area contributed by atoms with Crippen molar-refractivity contribution in [2.75, 3.05) is 0 Å². The summed E-state index contributed by atoms with van der Waals surface area (Å²) in [6.07, 6.45) is 7.83. The van der Waals surface area contributed by atoms with E-state index in [0.717, 1.165) is 23.7 Å². The van der Waals surface area contributed by atoms with E-state index in [0.29, 0.717) is 11.3 Å². The molecule has 1 aliphatic rings. The fraction of sp³-hybridized carbons (Fsp3) is 0.800. The molecule has 0 saturated heterocycles. The number of hydrogen-bond acceptors (Lipinski definition) is 2. The van der Waals surface area contributed by atoms with E-state index in [-0.39, 0.29) is 6.04 Å². The van der Waals surface area contributed by atoms with Crippen LogP contribution in [0.5, 0.6) is 0 Å². The Morgan fingerprint density at radius 1 is 1.53 bits per heavy atom. The molecule has 108 valence electrons. The summed E-state index contributed by atoms with van der Waals surface area (Å²) in [6.45, 7) is 7.72. The summed E-state index contributed by atoms with van der Waals surface area (Å²) in [5.74, 6) is 0.492. The Hall–Kier alpha value is -0.540. The van der Waals surface area contributed by atoms with Gasteiger partial charge in [0.2, 0.25) is 0 Å². The fourth-order valence-corrected chi connectivity index (χ4v) is 3.74. The minimum atomic E-state index is -0.00292. The van der Waals surface area contributed by atoms with Gasteiger partial charge in [0.1, 0.15) is 0 Å². The van der Waals surface area contributed by atoms with Crippen molar-refractivity contribution in [2.24, 2.45) is 17.1 Å². The molecule has 1 aromatic rings. The molecule has 0 amide bonds. The summed E-state index contributed by atoms with van der Waals surface area (Å²) in [5, 5.41) is 5.10. The van der Waals surface area contributed by atoms with Gasteiger partial charge in [-0.15, -0.1) is 0 Å². The average Bonchev–Trinajstić information content (AvgIpc) is 2.70. The SMILES string of the molecule is CCCn1ncc(Cl)c1C(N)C1CCCCC1(C)C. The van der Waals surface area contributed by atoms with Gasteiger partial charge in [0.05, 0.1) is 23.0 Å². The molecule has 0 bridgehead atoms. The molecule has 3 nitrogen and oxygen atoms in total. The van der Waals surface area contributed by atoms with Crippen LogP contribution in [0.4, 0.5) is 0 Å². The highest BCUT2D eigenvalue weighted by Gasteiger charge is 2.38. The monoisotopic (exact) mass is 283 g/mol. The van der Waals surface area contributed by atoms with Crippen molar-refractivity contribution in [1.82, 2.24) is 9.78 Å². The van der Waals surface area contributed by atoms with Gasteiger partial charge in [-0.25, -0.2) is 0 Å². The van der Waals surface area contributed by atoms with Gasteiger partial charge in [-0.2, -0.15) is 5.10 Å². The predicted octanol–water partition coefficient (Wildman–Crippen LogP) is 4.16. The lowest BCUT2D eigenvalue weighted by Crippen LogP contribution is -2.37. The topological polar surface area (TPSA) is 43.8 Å². The Kier molecular flexibility index (Phi) is 4.57. The van der Waals surface area contributed by atoms with Crippen LogP contribution in [0.2, 0.25) is 5.02 Å². The predicted molar refractivity (Wildman–Crippen MR) is 80.2 cm³/mol. The van der Waals surface area contributed by atoms with E-state index >= 15 is 0 Å². The Morgan fingerprint density at radius 3 is 2.89 bits per heavy atom. The highest BCUT2D eigenvalue weighted by Crippen LogP contribution is 2.46. The van der Waals surface area contributed by atoms with E-state index in [1.807, 2.05) is 4.68 Å². The molecular weight excluding hydrogens is 258 g/mol. The van der Waals surface area contributed by atoms with E-state index in [1.165, 1.54) is 25.7 Å². The van der Waals surface area contributed by atoms with Gasteiger partial charge in [0.25, 0.3) is 0 Å².